The van der Waals surface area contributed by atoms with Crippen LogP contribution in [0.25, 0.3) is 0 Å². The van der Waals surface area contributed by atoms with E-state index in [1.807, 2.05) is 13.8 Å². The number of amides is 1. The van der Waals surface area contributed by atoms with Gasteiger partial charge in [-0.15, -0.1) is 11.3 Å². The van der Waals surface area contributed by atoms with Crippen LogP contribution in [-0.4, -0.2) is 16.7 Å². The standard InChI is InChI=1S/C13H14N2O3S/c1-6-8(3)18-9(4)11(6)12(17)15-13-14-10(5-19-13)7(2)16/h5H,1-4H3,(H,14,15,17). The first-order valence-electron chi connectivity index (χ1n) is 5.74. The molecule has 2 aromatic heterocycles. The van der Waals surface area contributed by atoms with E-state index in [1.54, 1.807) is 12.3 Å². The van der Waals surface area contributed by atoms with Crippen LogP contribution in [0.2, 0.25) is 0 Å². The van der Waals surface area contributed by atoms with E-state index in [2.05, 4.69) is 10.3 Å². The number of rotatable bonds is 3. The molecular weight excluding hydrogens is 264 g/mol. The monoisotopic (exact) mass is 278 g/mol. The average molecular weight is 278 g/mol. The van der Waals surface area contributed by atoms with Gasteiger partial charge in [0.1, 0.15) is 17.2 Å². The highest BCUT2D eigenvalue weighted by Gasteiger charge is 2.19. The molecule has 0 unspecified atom stereocenters. The van der Waals surface area contributed by atoms with Crippen LogP contribution < -0.4 is 5.32 Å². The number of Topliss-reactive ketones (excluding diaryl/α,β-unsaturated/α-hetero) is 1. The lowest BCUT2D eigenvalue weighted by atomic mass is 10.1. The Morgan fingerprint density at radius 1 is 1.26 bits per heavy atom. The second-order valence-corrected chi connectivity index (χ2v) is 5.12. The molecule has 0 aliphatic rings. The average Bonchev–Trinajstić information content (AvgIpc) is 2.85. The second-order valence-electron chi connectivity index (χ2n) is 4.26. The van der Waals surface area contributed by atoms with E-state index in [0.29, 0.717) is 22.1 Å². The van der Waals surface area contributed by atoms with Crippen LogP contribution in [0.4, 0.5) is 5.13 Å². The molecule has 0 saturated heterocycles. The first-order valence-corrected chi connectivity index (χ1v) is 6.62. The zero-order valence-corrected chi connectivity index (χ0v) is 12.0. The Morgan fingerprint density at radius 2 is 1.95 bits per heavy atom. The van der Waals surface area contributed by atoms with Crippen molar-refractivity contribution in [3.05, 3.63) is 33.7 Å². The predicted octanol–water partition coefficient (Wildman–Crippen LogP) is 3.12. The summed E-state index contributed by atoms with van der Waals surface area (Å²) in [6.07, 6.45) is 0. The molecule has 0 fully saturated rings. The Kier molecular flexibility index (Phi) is 3.53. The van der Waals surface area contributed by atoms with Gasteiger partial charge >= 0.3 is 0 Å². The molecule has 0 radical (unpaired) electrons. The maximum Gasteiger partial charge on any atom is 0.261 e. The van der Waals surface area contributed by atoms with Gasteiger partial charge in [-0.3, -0.25) is 14.9 Å². The Bertz CT molecular complexity index is 655. The molecule has 0 aromatic carbocycles. The van der Waals surface area contributed by atoms with Gasteiger partial charge in [0.2, 0.25) is 0 Å². The molecule has 100 valence electrons. The van der Waals surface area contributed by atoms with Crippen molar-refractivity contribution in [3.8, 4) is 0 Å². The fourth-order valence-corrected chi connectivity index (χ4v) is 2.52. The highest BCUT2D eigenvalue weighted by molar-refractivity contribution is 7.14. The maximum absolute atomic E-state index is 12.2. The SMILES string of the molecule is CC(=O)c1csc(NC(=O)c2c(C)oc(C)c2C)n1. The molecule has 0 spiro atoms. The van der Waals surface area contributed by atoms with E-state index < -0.39 is 0 Å². The lowest BCUT2D eigenvalue weighted by Gasteiger charge is -2.01. The number of carbonyl (C=O) groups excluding carboxylic acids is 2. The van der Waals surface area contributed by atoms with Crippen molar-refractivity contribution in [2.45, 2.75) is 27.7 Å². The van der Waals surface area contributed by atoms with E-state index >= 15 is 0 Å². The summed E-state index contributed by atoms with van der Waals surface area (Å²) in [4.78, 5) is 27.3. The van der Waals surface area contributed by atoms with E-state index in [9.17, 15) is 9.59 Å². The van der Waals surface area contributed by atoms with Gasteiger partial charge in [0.15, 0.2) is 10.9 Å². The van der Waals surface area contributed by atoms with Crippen LogP contribution in [0.1, 0.15) is 44.9 Å². The minimum absolute atomic E-state index is 0.122. The molecule has 0 atom stereocenters. The summed E-state index contributed by atoms with van der Waals surface area (Å²) in [6.45, 7) is 6.84. The Morgan fingerprint density at radius 3 is 2.42 bits per heavy atom. The number of hydrogen-bond acceptors (Lipinski definition) is 5. The summed E-state index contributed by atoms with van der Waals surface area (Å²) in [5, 5.41) is 4.72. The number of furan rings is 1. The van der Waals surface area contributed by atoms with Gasteiger partial charge in [0.25, 0.3) is 5.91 Å². The van der Waals surface area contributed by atoms with Gasteiger partial charge in [-0.05, 0) is 20.8 Å². The molecule has 0 saturated carbocycles. The topological polar surface area (TPSA) is 72.2 Å². The van der Waals surface area contributed by atoms with Crippen molar-refractivity contribution in [1.29, 1.82) is 0 Å². The third-order valence-corrected chi connectivity index (χ3v) is 3.63. The Hall–Kier alpha value is -1.95. The highest BCUT2D eigenvalue weighted by atomic mass is 32.1. The van der Waals surface area contributed by atoms with E-state index in [-0.39, 0.29) is 11.7 Å². The number of aromatic nitrogens is 1. The highest BCUT2D eigenvalue weighted by Crippen LogP contribution is 2.23. The molecule has 5 nitrogen and oxygen atoms in total. The van der Waals surface area contributed by atoms with Crippen molar-refractivity contribution in [1.82, 2.24) is 4.98 Å². The van der Waals surface area contributed by atoms with Crippen molar-refractivity contribution in [3.63, 3.8) is 0 Å². The van der Waals surface area contributed by atoms with Gasteiger partial charge in [0.05, 0.1) is 5.56 Å². The smallest absolute Gasteiger partial charge is 0.261 e. The van der Waals surface area contributed by atoms with Crippen molar-refractivity contribution < 1.29 is 14.0 Å². The number of thiazole rings is 1. The van der Waals surface area contributed by atoms with Gasteiger partial charge in [-0.1, -0.05) is 0 Å². The fourth-order valence-electron chi connectivity index (χ4n) is 1.78. The molecule has 2 aromatic rings. The Balaban J connectivity index is 2.23. The number of carbonyl (C=O) groups is 2. The number of hydrogen-bond donors (Lipinski definition) is 1. The minimum Gasteiger partial charge on any atom is -0.466 e. The molecule has 2 heterocycles. The van der Waals surface area contributed by atoms with Crippen molar-refractivity contribution in [2.24, 2.45) is 0 Å². The first-order chi connectivity index (χ1) is 8.90. The van der Waals surface area contributed by atoms with Crippen LogP contribution in [0.5, 0.6) is 0 Å². The number of nitrogens with zero attached hydrogens (tertiary/aromatic N) is 1. The molecule has 2 rings (SSSR count). The molecule has 0 aliphatic heterocycles. The lowest BCUT2D eigenvalue weighted by Crippen LogP contribution is -2.13. The van der Waals surface area contributed by atoms with Crippen LogP contribution >= 0.6 is 11.3 Å². The summed E-state index contributed by atoms with van der Waals surface area (Å²) in [6, 6.07) is 0. The molecule has 1 amide bonds. The van der Waals surface area contributed by atoms with Gasteiger partial charge < -0.3 is 4.42 Å². The number of anilines is 1. The molecular formula is C13H14N2O3S. The van der Waals surface area contributed by atoms with E-state index in [0.717, 1.165) is 11.3 Å². The maximum atomic E-state index is 12.2. The Labute approximate surface area is 114 Å². The normalized spacial score (nSPS) is 10.5. The molecule has 0 aliphatic carbocycles. The summed E-state index contributed by atoms with van der Waals surface area (Å²) >= 11 is 1.22. The minimum atomic E-state index is -0.267. The second kappa shape index (κ2) is 4.97. The fraction of sp³-hybridized carbons (Fsp3) is 0.308. The molecule has 19 heavy (non-hydrogen) atoms. The van der Waals surface area contributed by atoms with Crippen molar-refractivity contribution >= 4 is 28.2 Å². The van der Waals surface area contributed by atoms with E-state index in [4.69, 9.17) is 4.42 Å². The van der Waals surface area contributed by atoms with Gasteiger partial charge in [-0.25, -0.2) is 4.98 Å². The molecule has 6 heteroatoms. The van der Waals surface area contributed by atoms with E-state index in [1.165, 1.54) is 18.3 Å². The van der Waals surface area contributed by atoms with Crippen LogP contribution in [0.3, 0.4) is 0 Å². The number of nitrogens with one attached hydrogen (secondary N) is 1. The third-order valence-electron chi connectivity index (χ3n) is 2.87. The van der Waals surface area contributed by atoms with Crippen molar-refractivity contribution in [2.75, 3.05) is 5.32 Å². The zero-order chi connectivity index (χ0) is 14.2. The summed E-state index contributed by atoms with van der Waals surface area (Å²) in [5.74, 6) is 0.918. The first kappa shape index (κ1) is 13.5. The summed E-state index contributed by atoms with van der Waals surface area (Å²) < 4.78 is 5.42. The zero-order valence-electron chi connectivity index (χ0n) is 11.2. The quantitative estimate of drug-likeness (QED) is 0.875. The summed E-state index contributed by atoms with van der Waals surface area (Å²) in [5.41, 5.74) is 1.70. The lowest BCUT2D eigenvalue weighted by molar-refractivity contribution is 0.100. The van der Waals surface area contributed by atoms with Gasteiger partial charge in [0, 0.05) is 17.9 Å². The summed E-state index contributed by atoms with van der Waals surface area (Å²) in [7, 11) is 0. The number of aryl methyl sites for hydroxylation is 2. The largest absolute Gasteiger partial charge is 0.466 e. The third kappa shape index (κ3) is 2.58. The van der Waals surface area contributed by atoms with Crippen LogP contribution in [0, 0.1) is 20.8 Å². The van der Waals surface area contributed by atoms with Crippen LogP contribution in [-0.2, 0) is 0 Å². The molecule has 1 N–H and O–H groups in total. The van der Waals surface area contributed by atoms with Crippen LogP contribution in [0.15, 0.2) is 9.80 Å². The van der Waals surface area contributed by atoms with Gasteiger partial charge in [-0.2, -0.15) is 0 Å². The predicted molar refractivity (Wildman–Crippen MR) is 73.0 cm³/mol. The molecule has 0 bridgehead atoms. The number of ketones is 1.